The normalized spacial score (nSPS) is 27.4. The van der Waals surface area contributed by atoms with E-state index in [1.165, 1.54) is 32.2 Å². The maximum atomic E-state index is 9.63. The highest BCUT2D eigenvalue weighted by Crippen LogP contribution is 2.39. The van der Waals surface area contributed by atoms with Crippen molar-refractivity contribution in [2.24, 2.45) is 5.92 Å². The van der Waals surface area contributed by atoms with Crippen molar-refractivity contribution in [3.8, 4) is 6.07 Å². The highest BCUT2D eigenvalue weighted by atomic mass is 15.2. The van der Waals surface area contributed by atoms with Gasteiger partial charge in [0.05, 0.1) is 6.07 Å². The van der Waals surface area contributed by atoms with Gasteiger partial charge in [0.1, 0.15) is 5.54 Å². The summed E-state index contributed by atoms with van der Waals surface area (Å²) in [6, 6.07) is 3.25. The van der Waals surface area contributed by atoms with E-state index in [1.807, 2.05) is 0 Å². The van der Waals surface area contributed by atoms with Gasteiger partial charge in [0, 0.05) is 19.1 Å². The molecule has 0 aromatic rings. The maximum absolute atomic E-state index is 9.63. The summed E-state index contributed by atoms with van der Waals surface area (Å²) in [4.78, 5) is 4.81. The number of nitrogens with one attached hydrogen (secondary N) is 1. The van der Waals surface area contributed by atoms with Crippen LogP contribution in [0.2, 0.25) is 0 Å². The molecule has 1 saturated carbocycles. The molecule has 1 heterocycles. The zero-order valence-electron chi connectivity index (χ0n) is 12.7. The van der Waals surface area contributed by atoms with Crippen molar-refractivity contribution in [1.82, 2.24) is 15.1 Å². The Hall–Kier alpha value is -0.630. The molecule has 2 fully saturated rings. The molecule has 1 aliphatic heterocycles. The van der Waals surface area contributed by atoms with E-state index in [0.29, 0.717) is 12.0 Å². The van der Waals surface area contributed by atoms with Gasteiger partial charge in [-0.2, -0.15) is 5.26 Å². The highest BCUT2D eigenvalue weighted by molar-refractivity contribution is 5.16. The fraction of sp³-hybridized carbons (Fsp3) is 0.933. The van der Waals surface area contributed by atoms with Crippen LogP contribution in [0.1, 0.15) is 32.6 Å². The van der Waals surface area contributed by atoms with Gasteiger partial charge in [0.15, 0.2) is 0 Å². The largest absolute Gasteiger partial charge is 0.302 e. The number of hydrogen-bond acceptors (Lipinski definition) is 4. The van der Waals surface area contributed by atoms with Crippen LogP contribution in [-0.4, -0.2) is 61.7 Å². The molecule has 2 rings (SSSR count). The van der Waals surface area contributed by atoms with E-state index in [2.05, 4.69) is 42.2 Å². The Labute approximate surface area is 117 Å². The summed E-state index contributed by atoms with van der Waals surface area (Å²) in [6.45, 7) is 6.13. The zero-order chi connectivity index (χ0) is 13.9. The SMILES string of the molecule is CCNC(C#N)(CN(C)CC1CCCN1C)C1CC1. The molecule has 0 amide bonds. The van der Waals surface area contributed by atoms with Gasteiger partial charge >= 0.3 is 0 Å². The number of rotatable bonds is 7. The van der Waals surface area contributed by atoms with Crippen LogP contribution in [0.25, 0.3) is 0 Å². The molecule has 4 heteroatoms. The number of nitrogens with zero attached hydrogens (tertiary/aromatic N) is 3. The first kappa shape index (κ1) is 14.8. The van der Waals surface area contributed by atoms with E-state index in [1.54, 1.807) is 0 Å². The minimum absolute atomic E-state index is 0.319. The molecule has 2 unspecified atom stereocenters. The van der Waals surface area contributed by atoms with Gasteiger partial charge in [-0.1, -0.05) is 6.92 Å². The molecule has 0 radical (unpaired) electrons. The second kappa shape index (κ2) is 6.21. The lowest BCUT2D eigenvalue weighted by atomic mass is 9.94. The van der Waals surface area contributed by atoms with Crippen LogP contribution in [0.3, 0.4) is 0 Å². The van der Waals surface area contributed by atoms with Crippen LogP contribution < -0.4 is 5.32 Å². The quantitative estimate of drug-likeness (QED) is 0.752. The van der Waals surface area contributed by atoms with Crippen molar-refractivity contribution in [2.75, 3.05) is 40.3 Å². The van der Waals surface area contributed by atoms with E-state index in [4.69, 9.17) is 0 Å². The first-order chi connectivity index (χ1) is 9.11. The van der Waals surface area contributed by atoms with Crippen molar-refractivity contribution in [2.45, 2.75) is 44.2 Å². The summed E-state index contributed by atoms with van der Waals surface area (Å²) in [6.07, 6.45) is 5.02. The average molecular weight is 264 g/mol. The molecule has 1 N–H and O–H groups in total. The van der Waals surface area contributed by atoms with E-state index in [0.717, 1.165) is 19.6 Å². The Morgan fingerprint density at radius 2 is 2.16 bits per heavy atom. The van der Waals surface area contributed by atoms with Crippen molar-refractivity contribution in [3.05, 3.63) is 0 Å². The molecule has 1 saturated heterocycles. The van der Waals surface area contributed by atoms with Gasteiger partial charge in [-0.05, 0) is 58.8 Å². The van der Waals surface area contributed by atoms with Crippen LogP contribution in [0, 0.1) is 17.2 Å². The molecule has 2 aliphatic rings. The summed E-state index contributed by atoms with van der Waals surface area (Å²) < 4.78 is 0. The molecule has 0 spiro atoms. The minimum Gasteiger partial charge on any atom is -0.302 e. The minimum atomic E-state index is -0.319. The molecule has 19 heavy (non-hydrogen) atoms. The maximum Gasteiger partial charge on any atom is 0.122 e. The lowest BCUT2D eigenvalue weighted by molar-refractivity contribution is 0.180. The van der Waals surface area contributed by atoms with Crippen LogP contribution in [0.4, 0.5) is 0 Å². The van der Waals surface area contributed by atoms with E-state index < -0.39 is 0 Å². The first-order valence-electron chi connectivity index (χ1n) is 7.66. The molecule has 0 bridgehead atoms. The molecule has 108 valence electrons. The third-order valence-electron chi connectivity index (χ3n) is 4.68. The Bertz CT molecular complexity index is 334. The second-order valence-corrected chi connectivity index (χ2v) is 6.36. The topological polar surface area (TPSA) is 42.3 Å². The Morgan fingerprint density at radius 3 is 2.63 bits per heavy atom. The lowest BCUT2D eigenvalue weighted by Gasteiger charge is -2.34. The number of nitriles is 1. The second-order valence-electron chi connectivity index (χ2n) is 6.36. The summed E-state index contributed by atoms with van der Waals surface area (Å²) in [5, 5.41) is 13.1. The predicted molar refractivity (Wildman–Crippen MR) is 77.9 cm³/mol. The number of likely N-dealkylation sites (tertiary alicyclic amines) is 1. The molecular weight excluding hydrogens is 236 g/mol. The summed E-state index contributed by atoms with van der Waals surface area (Å²) in [7, 11) is 4.38. The van der Waals surface area contributed by atoms with Crippen LogP contribution >= 0.6 is 0 Å². The molecule has 4 nitrogen and oxygen atoms in total. The highest BCUT2D eigenvalue weighted by Gasteiger charge is 2.46. The first-order valence-corrected chi connectivity index (χ1v) is 7.66. The van der Waals surface area contributed by atoms with Gasteiger partial charge in [-0.25, -0.2) is 0 Å². The van der Waals surface area contributed by atoms with Crippen molar-refractivity contribution in [1.29, 1.82) is 5.26 Å². The zero-order valence-corrected chi connectivity index (χ0v) is 12.7. The van der Waals surface area contributed by atoms with E-state index in [9.17, 15) is 5.26 Å². The molecular formula is C15H28N4. The lowest BCUT2D eigenvalue weighted by Crippen LogP contribution is -2.55. The Kier molecular flexibility index (Phi) is 4.83. The molecule has 2 atom stereocenters. The fourth-order valence-electron chi connectivity index (χ4n) is 3.45. The number of hydrogen-bond donors (Lipinski definition) is 1. The van der Waals surface area contributed by atoms with Crippen molar-refractivity contribution >= 4 is 0 Å². The fourth-order valence-corrected chi connectivity index (χ4v) is 3.45. The summed E-state index contributed by atoms with van der Waals surface area (Å²) in [5.41, 5.74) is -0.319. The monoisotopic (exact) mass is 264 g/mol. The Balaban J connectivity index is 1.91. The predicted octanol–water partition coefficient (Wildman–Crippen LogP) is 1.29. The Morgan fingerprint density at radius 1 is 1.42 bits per heavy atom. The van der Waals surface area contributed by atoms with Crippen molar-refractivity contribution < 1.29 is 0 Å². The molecule has 0 aromatic heterocycles. The summed E-state index contributed by atoms with van der Waals surface area (Å²) >= 11 is 0. The standard InChI is InChI=1S/C15H28N4/c1-4-17-15(11-16,13-7-8-13)12-18(2)10-14-6-5-9-19(14)3/h13-14,17H,4-10,12H2,1-3H3. The van der Waals surface area contributed by atoms with Crippen LogP contribution in [0.15, 0.2) is 0 Å². The smallest absolute Gasteiger partial charge is 0.122 e. The summed E-state index contributed by atoms with van der Waals surface area (Å²) in [5.74, 6) is 0.557. The number of likely N-dealkylation sites (N-methyl/N-ethyl adjacent to an activating group) is 3. The van der Waals surface area contributed by atoms with Crippen LogP contribution in [-0.2, 0) is 0 Å². The van der Waals surface area contributed by atoms with Gasteiger partial charge in [0.25, 0.3) is 0 Å². The van der Waals surface area contributed by atoms with Gasteiger partial charge in [0.2, 0.25) is 0 Å². The van der Waals surface area contributed by atoms with Crippen molar-refractivity contribution in [3.63, 3.8) is 0 Å². The average Bonchev–Trinajstić information content (AvgIpc) is 3.16. The van der Waals surface area contributed by atoms with Crippen LogP contribution in [0.5, 0.6) is 0 Å². The molecule has 1 aliphatic carbocycles. The third kappa shape index (κ3) is 3.47. The third-order valence-corrected chi connectivity index (χ3v) is 4.68. The van der Waals surface area contributed by atoms with Gasteiger partial charge < -0.3 is 9.80 Å². The van der Waals surface area contributed by atoms with Gasteiger partial charge in [-0.15, -0.1) is 0 Å². The van der Waals surface area contributed by atoms with E-state index >= 15 is 0 Å². The van der Waals surface area contributed by atoms with Gasteiger partial charge in [-0.3, -0.25) is 5.32 Å². The van der Waals surface area contributed by atoms with E-state index in [-0.39, 0.29) is 5.54 Å². The molecule has 0 aromatic carbocycles.